The van der Waals surface area contributed by atoms with Gasteiger partial charge < -0.3 is 10.1 Å². The number of aryl methyl sites for hydroxylation is 2. The third-order valence-electron chi connectivity index (χ3n) is 4.31. The fraction of sp³-hybridized carbons (Fsp3) is 0.429. The molecule has 3 rings (SSSR count). The lowest BCUT2D eigenvalue weighted by Gasteiger charge is -2.11. The Kier molecular flexibility index (Phi) is 5.77. The van der Waals surface area contributed by atoms with Gasteiger partial charge in [-0.15, -0.1) is 11.3 Å². The molecule has 0 bridgehead atoms. The van der Waals surface area contributed by atoms with Crippen molar-refractivity contribution in [2.45, 2.75) is 41.0 Å². The van der Waals surface area contributed by atoms with E-state index >= 15 is 0 Å². The first kappa shape index (κ1) is 18.6. The minimum Gasteiger partial charge on any atom is -0.494 e. The highest BCUT2D eigenvalue weighted by Crippen LogP contribution is 2.41. The minimum atomic E-state index is 0.663. The summed E-state index contributed by atoms with van der Waals surface area (Å²) in [5.41, 5.74) is 2.40. The molecular formula is C21H27N3OS. The van der Waals surface area contributed by atoms with Crippen LogP contribution in [0.3, 0.4) is 0 Å². The van der Waals surface area contributed by atoms with Crippen LogP contribution >= 0.6 is 11.3 Å². The number of aromatic nitrogens is 2. The zero-order chi connectivity index (χ0) is 18.7. The van der Waals surface area contributed by atoms with Gasteiger partial charge >= 0.3 is 0 Å². The average molecular weight is 370 g/mol. The van der Waals surface area contributed by atoms with Gasteiger partial charge in [0.1, 0.15) is 22.2 Å². The highest BCUT2D eigenvalue weighted by atomic mass is 32.1. The summed E-state index contributed by atoms with van der Waals surface area (Å²) in [5.74, 6) is 3.32. The highest BCUT2D eigenvalue weighted by molar-refractivity contribution is 7.19. The van der Waals surface area contributed by atoms with Crippen LogP contribution in [0, 0.1) is 19.8 Å². The number of hydrogen-bond acceptors (Lipinski definition) is 5. The summed E-state index contributed by atoms with van der Waals surface area (Å²) >= 11 is 1.73. The van der Waals surface area contributed by atoms with E-state index in [4.69, 9.17) is 9.72 Å². The van der Waals surface area contributed by atoms with E-state index in [0.717, 1.165) is 40.6 Å². The summed E-state index contributed by atoms with van der Waals surface area (Å²) in [6.45, 7) is 12.2. The molecule has 4 nitrogen and oxygen atoms in total. The SMILES string of the molecule is CCOc1ccc(-c2c(C)sc3nc(C)nc(NCCC(C)C)c23)cc1. The van der Waals surface area contributed by atoms with Crippen molar-refractivity contribution in [1.82, 2.24) is 9.97 Å². The van der Waals surface area contributed by atoms with Crippen LogP contribution in [-0.2, 0) is 0 Å². The minimum absolute atomic E-state index is 0.663. The van der Waals surface area contributed by atoms with Crippen molar-refractivity contribution in [3.63, 3.8) is 0 Å². The number of anilines is 1. The van der Waals surface area contributed by atoms with Gasteiger partial charge in [0.05, 0.1) is 12.0 Å². The van der Waals surface area contributed by atoms with Gasteiger partial charge in [-0.1, -0.05) is 26.0 Å². The molecule has 0 unspecified atom stereocenters. The quantitative estimate of drug-likeness (QED) is 0.569. The summed E-state index contributed by atoms with van der Waals surface area (Å²) in [6.07, 6.45) is 1.12. The Morgan fingerprint density at radius 3 is 2.50 bits per heavy atom. The summed E-state index contributed by atoms with van der Waals surface area (Å²) in [6, 6.07) is 8.31. The lowest BCUT2D eigenvalue weighted by atomic mass is 10.0. The topological polar surface area (TPSA) is 47.0 Å². The lowest BCUT2D eigenvalue weighted by molar-refractivity contribution is 0.340. The second kappa shape index (κ2) is 8.04. The molecule has 0 atom stereocenters. The third-order valence-corrected chi connectivity index (χ3v) is 5.31. The molecule has 1 aromatic carbocycles. The molecule has 0 aliphatic rings. The van der Waals surface area contributed by atoms with Crippen LogP contribution in [0.25, 0.3) is 21.3 Å². The molecule has 1 N–H and O–H groups in total. The predicted molar refractivity (Wildman–Crippen MR) is 111 cm³/mol. The maximum absolute atomic E-state index is 5.58. The maximum atomic E-state index is 5.58. The van der Waals surface area contributed by atoms with Crippen LogP contribution in [0.5, 0.6) is 5.75 Å². The molecule has 3 aromatic rings. The first-order valence-electron chi connectivity index (χ1n) is 9.24. The smallest absolute Gasteiger partial charge is 0.139 e. The molecule has 0 aliphatic heterocycles. The molecular weight excluding hydrogens is 342 g/mol. The normalized spacial score (nSPS) is 11.3. The maximum Gasteiger partial charge on any atom is 0.139 e. The number of nitrogens with one attached hydrogen (secondary N) is 1. The molecule has 138 valence electrons. The number of nitrogens with zero attached hydrogens (tertiary/aromatic N) is 2. The van der Waals surface area contributed by atoms with Gasteiger partial charge in [0.2, 0.25) is 0 Å². The number of hydrogen-bond donors (Lipinski definition) is 1. The van der Waals surface area contributed by atoms with E-state index in [1.54, 1.807) is 11.3 Å². The molecule has 0 spiro atoms. The van der Waals surface area contributed by atoms with Crippen LogP contribution in [0.2, 0.25) is 0 Å². The number of rotatable bonds is 7. The van der Waals surface area contributed by atoms with Crippen molar-refractivity contribution in [3.8, 4) is 16.9 Å². The fourth-order valence-electron chi connectivity index (χ4n) is 3.06. The van der Waals surface area contributed by atoms with E-state index in [1.807, 2.05) is 26.0 Å². The van der Waals surface area contributed by atoms with Gasteiger partial charge in [-0.3, -0.25) is 0 Å². The van der Waals surface area contributed by atoms with E-state index in [9.17, 15) is 0 Å². The van der Waals surface area contributed by atoms with Crippen LogP contribution < -0.4 is 10.1 Å². The zero-order valence-electron chi connectivity index (χ0n) is 16.2. The molecule has 0 saturated heterocycles. The molecule has 0 saturated carbocycles. The van der Waals surface area contributed by atoms with Crippen LogP contribution in [0.4, 0.5) is 5.82 Å². The number of benzene rings is 1. The summed E-state index contributed by atoms with van der Waals surface area (Å²) in [7, 11) is 0. The van der Waals surface area contributed by atoms with Crippen molar-refractivity contribution < 1.29 is 4.74 Å². The third kappa shape index (κ3) is 3.98. The Labute approximate surface area is 159 Å². The number of fused-ring (bicyclic) bond motifs is 1. The van der Waals surface area contributed by atoms with Gasteiger partial charge in [0.15, 0.2) is 0 Å². The van der Waals surface area contributed by atoms with Crippen LogP contribution in [0.15, 0.2) is 24.3 Å². The van der Waals surface area contributed by atoms with Gasteiger partial charge in [0.25, 0.3) is 0 Å². The molecule has 0 radical (unpaired) electrons. The van der Waals surface area contributed by atoms with Crippen molar-refractivity contribution in [2.24, 2.45) is 5.92 Å². The second-order valence-electron chi connectivity index (χ2n) is 6.90. The largest absolute Gasteiger partial charge is 0.494 e. The first-order valence-corrected chi connectivity index (χ1v) is 10.1. The highest BCUT2D eigenvalue weighted by Gasteiger charge is 2.17. The van der Waals surface area contributed by atoms with E-state index in [0.29, 0.717) is 12.5 Å². The Hall–Kier alpha value is -2.14. The molecule has 0 aliphatic carbocycles. The summed E-state index contributed by atoms with van der Waals surface area (Å²) in [4.78, 5) is 11.7. The summed E-state index contributed by atoms with van der Waals surface area (Å²) < 4.78 is 5.58. The van der Waals surface area contributed by atoms with Crippen molar-refractivity contribution in [2.75, 3.05) is 18.5 Å². The Balaban J connectivity index is 2.05. The second-order valence-corrected chi connectivity index (χ2v) is 8.10. The molecule has 5 heteroatoms. The van der Waals surface area contributed by atoms with Gasteiger partial charge in [0, 0.05) is 17.0 Å². The first-order chi connectivity index (χ1) is 12.5. The molecule has 2 heterocycles. The molecule has 2 aromatic heterocycles. The predicted octanol–water partition coefficient (Wildman–Crippen LogP) is 5.83. The van der Waals surface area contributed by atoms with Crippen molar-refractivity contribution >= 4 is 27.4 Å². The Morgan fingerprint density at radius 1 is 1.12 bits per heavy atom. The van der Waals surface area contributed by atoms with Crippen LogP contribution in [-0.4, -0.2) is 23.1 Å². The number of thiophene rings is 1. The van der Waals surface area contributed by atoms with Crippen molar-refractivity contribution in [3.05, 3.63) is 35.0 Å². The van der Waals surface area contributed by atoms with E-state index < -0.39 is 0 Å². The van der Waals surface area contributed by atoms with Crippen molar-refractivity contribution in [1.29, 1.82) is 0 Å². The van der Waals surface area contributed by atoms with E-state index in [1.165, 1.54) is 16.0 Å². The Bertz CT molecular complexity index is 884. The van der Waals surface area contributed by atoms with E-state index in [2.05, 4.69) is 43.2 Å². The number of ether oxygens (including phenoxy) is 1. The van der Waals surface area contributed by atoms with Gasteiger partial charge in [-0.05, 0) is 50.8 Å². The Morgan fingerprint density at radius 2 is 1.85 bits per heavy atom. The van der Waals surface area contributed by atoms with E-state index in [-0.39, 0.29) is 0 Å². The molecule has 0 amide bonds. The van der Waals surface area contributed by atoms with Gasteiger partial charge in [-0.2, -0.15) is 0 Å². The lowest BCUT2D eigenvalue weighted by Crippen LogP contribution is -2.07. The van der Waals surface area contributed by atoms with Crippen LogP contribution in [0.1, 0.15) is 37.9 Å². The standard InChI is InChI=1S/C21H27N3OS/c1-6-25-17-9-7-16(8-10-17)18-14(4)26-21-19(18)20(23-15(5)24-21)22-12-11-13(2)3/h7-10,13H,6,11-12H2,1-5H3,(H,22,23,24). The monoisotopic (exact) mass is 369 g/mol. The zero-order valence-corrected chi connectivity index (χ0v) is 17.0. The average Bonchev–Trinajstić information content (AvgIpc) is 2.91. The fourth-order valence-corrected chi connectivity index (χ4v) is 4.15. The summed E-state index contributed by atoms with van der Waals surface area (Å²) in [5, 5.41) is 4.68. The molecule has 26 heavy (non-hydrogen) atoms. The molecule has 0 fully saturated rings. The van der Waals surface area contributed by atoms with Gasteiger partial charge in [-0.25, -0.2) is 9.97 Å².